The summed E-state index contributed by atoms with van der Waals surface area (Å²) in [7, 11) is 0. The number of likely N-dealkylation sites (tertiary alicyclic amines) is 1. The molecule has 3 heterocycles. The van der Waals surface area contributed by atoms with Crippen molar-refractivity contribution < 1.29 is 17.9 Å². The van der Waals surface area contributed by atoms with Gasteiger partial charge in [0, 0.05) is 43.0 Å². The number of halogens is 3. The lowest BCUT2D eigenvalue weighted by Gasteiger charge is -2.22. The highest BCUT2D eigenvalue weighted by Crippen LogP contribution is 2.32. The maximum atomic E-state index is 12.6. The third-order valence-electron chi connectivity index (χ3n) is 5.64. The molecule has 3 aromatic rings. The number of aromatic nitrogens is 4. The van der Waals surface area contributed by atoms with Gasteiger partial charge >= 0.3 is 6.18 Å². The third-order valence-corrected chi connectivity index (χ3v) is 5.64. The number of alkyl halides is 3. The van der Waals surface area contributed by atoms with Gasteiger partial charge in [-0.05, 0) is 49.7 Å². The number of hydrogen-bond donors (Lipinski definition) is 1. The molecule has 0 bridgehead atoms. The molecule has 0 radical (unpaired) electrons. The molecular formula is C23H26F3N5O. The lowest BCUT2D eigenvalue weighted by Crippen LogP contribution is -2.23. The zero-order chi connectivity index (χ0) is 22.6. The average Bonchev–Trinajstić information content (AvgIpc) is 3.43. The first-order chi connectivity index (χ1) is 15.4. The van der Waals surface area contributed by atoms with E-state index in [1.807, 2.05) is 19.3 Å². The Hall–Kier alpha value is -2.94. The number of ether oxygens (including phenoxy) is 1. The molecule has 0 unspecified atom stereocenters. The number of H-pyrrole nitrogens is 1. The minimum atomic E-state index is -4.34. The van der Waals surface area contributed by atoms with Gasteiger partial charge in [-0.3, -0.25) is 10.00 Å². The van der Waals surface area contributed by atoms with Gasteiger partial charge in [-0.15, -0.1) is 0 Å². The number of aromatic amines is 1. The van der Waals surface area contributed by atoms with Crippen LogP contribution in [-0.4, -0.2) is 38.2 Å². The molecule has 0 saturated carbocycles. The molecule has 0 spiro atoms. The van der Waals surface area contributed by atoms with Crippen LogP contribution in [0.25, 0.3) is 0 Å². The maximum Gasteiger partial charge on any atom is 0.416 e. The van der Waals surface area contributed by atoms with Crippen molar-refractivity contribution in [2.24, 2.45) is 0 Å². The van der Waals surface area contributed by atoms with Gasteiger partial charge in [-0.25, -0.2) is 9.97 Å². The standard InChI is InChI=1S/C23H26F3N5O/c1-2-22-27-13-16(14-28-22)15-31-10-3-4-21(31)20-12-18(29-30-20)9-11-32-19-7-5-17(6-8-19)23(24,25)26/h5-8,12-14,21H,2-4,9-11,15H2,1H3,(H,29,30)/t21-/m1/s1. The SMILES string of the molecule is CCc1ncc(CN2CCC[C@@H]2c2cc(CCOc3ccc(C(F)(F)F)cc3)[nH]n2)cn1. The number of nitrogens with one attached hydrogen (secondary N) is 1. The minimum Gasteiger partial charge on any atom is -0.493 e. The highest BCUT2D eigenvalue weighted by Gasteiger charge is 2.30. The van der Waals surface area contributed by atoms with Crippen molar-refractivity contribution in [3.05, 3.63) is 71.1 Å². The van der Waals surface area contributed by atoms with E-state index in [2.05, 4.69) is 31.1 Å². The summed E-state index contributed by atoms with van der Waals surface area (Å²) in [5.41, 5.74) is 2.35. The average molecular weight is 445 g/mol. The zero-order valence-corrected chi connectivity index (χ0v) is 17.9. The van der Waals surface area contributed by atoms with Crippen LogP contribution in [0.15, 0.2) is 42.7 Å². The van der Waals surface area contributed by atoms with Crippen molar-refractivity contribution in [3.63, 3.8) is 0 Å². The first-order valence-corrected chi connectivity index (χ1v) is 10.8. The highest BCUT2D eigenvalue weighted by molar-refractivity contribution is 5.29. The minimum absolute atomic E-state index is 0.238. The third kappa shape index (κ3) is 5.45. The van der Waals surface area contributed by atoms with E-state index in [0.717, 1.165) is 67.3 Å². The van der Waals surface area contributed by atoms with Gasteiger partial charge in [0.2, 0.25) is 0 Å². The van der Waals surface area contributed by atoms with Crippen LogP contribution in [0.1, 0.15) is 54.1 Å². The van der Waals surface area contributed by atoms with Gasteiger partial charge in [0.15, 0.2) is 0 Å². The van der Waals surface area contributed by atoms with E-state index in [1.54, 1.807) is 0 Å². The van der Waals surface area contributed by atoms with E-state index in [1.165, 1.54) is 12.1 Å². The quantitative estimate of drug-likeness (QED) is 0.543. The first-order valence-electron chi connectivity index (χ1n) is 10.8. The van der Waals surface area contributed by atoms with Gasteiger partial charge in [-0.2, -0.15) is 18.3 Å². The van der Waals surface area contributed by atoms with Crippen LogP contribution < -0.4 is 4.74 Å². The van der Waals surface area contributed by atoms with Gasteiger partial charge in [-0.1, -0.05) is 6.92 Å². The van der Waals surface area contributed by atoms with E-state index in [-0.39, 0.29) is 6.04 Å². The van der Waals surface area contributed by atoms with Crippen LogP contribution >= 0.6 is 0 Å². The van der Waals surface area contributed by atoms with Crippen molar-refractivity contribution in [1.82, 2.24) is 25.1 Å². The van der Waals surface area contributed by atoms with Crippen LogP contribution in [0.3, 0.4) is 0 Å². The Morgan fingerprint density at radius 3 is 2.59 bits per heavy atom. The van der Waals surface area contributed by atoms with E-state index in [9.17, 15) is 13.2 Å². The highest BCUT2D eigenvalue weighted by atomic mass is 19.4. The second-order valence-electron chi connectivity index (χ2n) is 7.93. The second-order valence-corrected chi connectivity index (χ2v) is 7.93. The molecule has 1 saturated heterocycles. The Morgan fingerprint density at radius 2 is 1.91 bits per heavy atom. The Balaban J connectivity index is 1.30. The van der Waals surface area contributed by atoms with E-state index in [4.69, 9.17) is 4.74 Å². The Bertz CT molecular complexity index is 1000. The van der Waals surface area contributed by atoms with Crippen LogP contribution in [0.5, 0.6) is 5.75 Å². The zero-order valence-electron chi connectivity index (χ0n) is 17.9. The van der Waals surface area contributed by atoms with Crippen LogP contribution in [0.2, 0.25) is 0 Å². The van der Waals surface area contributed by atoms with Crippen LogP contribution in [0.4, 0.5) is 13.2 Å². The molecule has 6 nitrogen and oxygen atoms in total. The molecular weight excluding hydrogens is 419 g/mol. The number of nitrogens with zero attached hydrogens (tertiary/aromatic N) is 4. The molecule has 32 heavy (non-hydrogen) atoms. The van der Waals surface area contributed by atoms with Crippen molar-refractivity contribution >= 4 is 0 Å². The van der Waals surface area contributed by atoms with E-state index < -0.39 is 11.7 Å². The molecule has 1 atom stereocenters. The molecule has 4 rings (SSSR count). The molecule has 1 aliphatic heterocycles. The molecule has 1 fully saturated rings. The fraction of sp³-hybridized carbons (Fsp3) is 0.435. The van der Waals surface area contributed by atoms with Crippen molar-refractivity contribution in [1.29, 1.82) is 0 Å². The van der Waals surface area contributed by atoms with Crippen LogP contribution in [0, 0.1) is 0 Å². The lowest BCUT2D eigenvalue weighted by molar-refractivity contribution is -0.137. The largest absolute Gasteiger partial charge is 0.493 e. The maximum absolute atomic E-state index is 12.6. The van der Waals surface area contributed by atoms with E-state index in [0.29, 0.717) is 18.8 Å². The van der Waals surface area contributed by atoms with Gasteiger partial charge in [0.05, 0.1) is 23.9 Å². The number of aryl methyl sites for hydroxylation is 1. The summed E-state index contributed by atoms with van der Waals surface area (Å²) in [5.74, 6) is 1.26. The van der Waals surface area contributed by atoms with Gasteiger partial charge in [0.25, 0.3) is 0 Å². The Morgan fingerprint density at radius 1 is 1.16 bits per heavy atom. The van der Waals surface area contributed by atoms with Gasteiger partial charge < -0.3 is 4.74 Å². The fourth-order valence-electron chi connectivity index (χ4n) is 3.93. The Labute approximate surface area is 184 Å². The van der Waals surface area contributed by atoms with Crippen molar-refractivity contribution in [2.75, 3.05) is 13.2 Å². The van der Waals surface area contributed by atoms with Crippen molar-refractivity contribution in [2.45, 2.75) is 51.4 Å². The molecule has 2 aromatic heterocycles. The summed E-state index contributed by atoms with van der Waals surface area (Å²) in [6.07, 6.45) is 3.02. The first kappa shape index (κ1) is 22.3. The summed E-state index contributed by atoms with van der Waals surface area (Å²) in [6, 6.07) is 7.03. The molecule has 0 aliphatic carbocycles. The topological polar surface area (TPSA) is 66.9 Å². The van der Waals surface area contributed by atoms with Gasteiger partial charge in [0.1, 0.15) is 11.6 Å². The smallest absolute Gasteiger partial charge is 0.416 e. The molecule has 0 amide bonds. The van der Waals surface area contributed by atoms with E-state index >= 15 is 0 Å². The summed E-state index contributed by atoms with van der Waals surface area (Å²) >= 11 is 0. The Kier molecular flexibility index (Phi) is 6.74. The summed E-state index contributed by atoms with van der Waals surface area (Å²) in [4.78, 5) is 11.2. The normalized spacial score (nSPS) is 17.1. The summed E-state index contributed by atoms with van der Waals surface area (Å²) in [5, 5.41) is 7.57. The fourth-order valence-corrected chi connectivity index (χ4v) is 3.93. The van der Waals surface area contributed by atoms with Crippen molar-refractivity contribution in [3.8, 4) is 5.75 Å². The molecule has 170 valence electrons. The molecule has 1 aromatic carbocycles. The van der Waals surface area contributed by atoms with Crippen LogP contribution in [-0.2, 0) is 25.6 Å². The number of benzene rings is 1. The molecule has 9 heteroatoms. The number of rotatable bonds is 8. The second kappa shape index (κ2) is 9.68. The predicted octanol–water partition coefficient (Wildman–Crippen LogP) is 4.74. The summed E-state index contributed by atoms with van der Waals surface area (Å²) < 4.78 is 43.5. The predicted molar refractivity (Wildman–Crippen MR) is 113 cm³/mol. The number of hydrogen-bond acceptors (Lipinski definition) is 5. The molecule has 1 N–H and O–H groups in total. The molecule has 1 aliphatic rings. The lowest BCUT2D eigenvalue weighted by atomic mass is 10.1. The monoisotopic (exact) mass is 445 g/mol. The summed E-state index contributed by atoms with van der Waals surface area (Å²) in [6.45, 7) is 4.17.